The van der Waals surface area contributed by atoms with Crippen LogP contribution in [0.25, 0.3) is 11.3 Å². The minimum absolute atomic E-state index is 0.125. The lowest BCUT2D eigenvalue weighted by Gasteiger charge is -2.13. The fourth-order valence-corrected chi connectivity index (χ4v) is 2.15. The number of hydrogen-bond donors (Lipinski definition) is 2. The SMILES string of the molecule is Cc1cc(CCO)c(N)c(-c2cccn2C)c1. The number of hydrogen-bond acceptors (Lipinski definition) is 2. The Kier molecular flexibility index (Phi) is 3.20. The molecule has 0 spiro atoms. The van der Waals surface area contributed by atoms with Crippen molar-refractivity contribution in [3.8, 4) is 11.3 Å². The van der Waals surface area contributed by atoms with Gasteiger partial charge in [-0.2, -0.15) is 0 Å². The van der Waals surface area contributed by atoms with Crippen LogP contribution in [0.5, 0.6) is 0 Å². The van der Waals surface area contributed by atoms with Gasteiger partial charge in [-0.3, -0.25) is 0 Å². The van der Waals surface area contributed by atoms with Gasteiger partial charge in [0.25, 0.3) is 0 Å². The Balaban J connectivity index is 2.58. The molecule has 0 atom stereocenters. The second-order valence-electron chi connectivity index (χ2n) is 4.36. The van der Waals surface area contributed by atoms with E-state index in [1.54, 1.807) is 0 Å². The molecule has 0 amide bonds. The molecule has 0 unspecified atom stereocenters. The molecular weight excluding hydrogens is 212 g/mol. The first-order chi connectivity index (χ1) is 8.13. The number of rotatable bonds is 3. The maximum Gasteiger partial charge on any atom is 0.0498 e. The number of nitrogen functional groups attached to an aromatic ring is 1. The number of benzene rings is 1. The minimum atomic E-state index is 0.125. The average Bonchev–Trinajstić information content (AvgIpc) is 2.70. The molecule has 90 valence electrons. The predicted octanol–water partition coefficient (Wildman–Crippen LogP) is 2.12. The zero-order valence-electron chi connectivity index (χ0n) is 10.3. The van der Waals surface area contributed by atoms with Gasteiger partial charge in [-0.05, 0) is 37.1 Å². The van der Waals surface area contributed by atoms with Gasteiger partial charge in [0.05, 0.1) is 0 Å². The van der Waals surface area contributed by atoms with Crippen molar-refractivity contribution in [1.29, 1.82) is 0 Å². The molecule has 1 aromatic heterocycles. The Morgan fingerprint density at radius 1 is 1.35 bits per heavy atom. The summed E-state index contributed by atoms with van der Waals surface area (Å²) < 4.78 is 2.05. The molecule has 1 heterocycles. The maximum atomic E-state index is 9.05. The van der Waals surface area contributed by atoms with E-state index in [-0.39, 0.29) is 6.61 Å². The summed E-state index contributed by atoms with van der Waals surface area (Å²) in [6.07, 6.45) is 2.60. The zero-order valence-corrected chi connectivity index (χ0v) is 10.3. The van der Waals surface area contributed by atoms with Crippen molar-refractivity contribution >= 4 is 5.69 Å². The molecule has 0 aliphatic carbocycles. The molecule has 17 heavy (non-hydrogen) atoms. The topological polar surface area (TPSA) is 51.2 Å². The Bertz CT molecular complexity index is 529. The van der Waals surface area contributed by atoms with Crippen LogP contribution in [0.15, 0.2) is 30.5 Å². The van der Waals surface area contributed by atoms with Crippen LogP contribution in [0, 0.1) is 6.92 Å². The number of aliphatic hydroxyl groups excluding tert-OH is 1. The van der Waals surface area contributed by atoms with Crippen LogP contribution in [0.4, 0.5) is 5.69 Å². The van der Waals surface area contributed by atoms with Crippen molar-refractivity contribution < 1.29 is 5.11 Å². The van der Waals surface area contributed by atoms with E-state index < -0.39 is 0 Å². The van der Waals surface area contributed by atoms with Crippen molar-refractivity contribution in [3.63, 3.8) is 0 Å². The second-order valence-corrected chi connectivity index (χ2v) is 4.36. The van der Waals surface area contributed by atoms with Crippen molar-refractivity contribution in [3.05, 3.63) is 41.6 Å². The summed E-state index contributed by atoms with van der Waals surface area (Å²) in [6, 6.07) is 8.18. The van der Waals surface area contributed by atoms with Gasteiger partial charge in [0.1, 0.15) is 0 Å². The third kappa shape index (κ3) is 2.19. The first-order valence-electron chi connectivity index (χ1n) is 5.75. The fraction of sp³-hybridized carbons (Fsp3) is 0.286. The molecule has 0 fully saturated rings. The summed E-state index contributed by atoms with van der Waals surface area (Å²) in [6.45, 7) is 2.17. The Hall–Kier alpha value is -1.74. The van der Waals surface area contributed by atoms with Gasteiger partial charge in [-0.25, -0.2) is 0 Å². The summed E-state index contributed by atoms with van der Waals surface area (Å²) in [5.41, 5.74) is 11.3. The Labute approximate surface area is 102 Å². The molecule has 1 aromatic carbocycles. The molecule has 0 bridgehead atoms. The molecule has 3 nitrogen and oxygen atoms in total. The van der Waals surface area contributed by atoms with Crippen LogP contribution >= 0.6 is 0 Å². The molecule has 0 aliphatic rings. The smallest absolute Gasteiger partial charge is 0.0498 e. The minimum Gasteiger partial charge on any atom is -0.398 e. The lowest BCUT2D eigenvalue weighted by Crippen LogP contribution is -2.02. The average molecular weight is 230 g/mol. The Morgan fingerprint density at radius 2 is 2.12 bits per heavy atom. The maximum absolute atomic E-state index is 9.05. The number of anilines is 1. The van der Waals surface area contributed by atoms with E-state index in [9.17, 15) is 0 Å². The summed E-state index contributed by atoms with van der Waals surface area (Å²) in [5.74, 6) is 0. The van der Waals surface area contributed by atoms with E-state index in [4.69, 9.17) is 10.8 Å². The van der Waals surface area contributed by atoms with Crippen molar-refractivity contribution in [2.75, 3.05) is 12.3 Å². The quantitative estimate of drug-likeness (QED) is 0.793. The summed E-state index contributed by atoms with van der Waals surface area (Å²) >= 11 is 0. The van der Waals surface area contributed by atoms with Crippen molar-refractivity contribution in [2.24, 2.45) is 7.05 Å². The number of aliphatic hydroxyl groups is 1. The van der Waals surface area contributed by atoms with Gasteiger partial charge >= 0.3 is 0 Å². The largest absolute Gasteiger partial charge is 0.398 e. The van der Waals surface area contributed by atoms with E-state index in [0.717, 1.165) is 22.5 Å². The molecule has 0 aliphatic heterocycles. The van der Waals surface area contributed by atoms with Crippen LogP contribution in [0.1, 0.15) is 11.1 Å². The third-order valence-electron chi connectivity index (χ3n) is 3.01. The van der Waals surface area contributed by atoms with Gasteiger partial charge in [-0.1, -0.05) is 11.6 Å². The first kappa shape index (κ1) is 11.7. The zero-order chi connectivity index (χ0) is 12.4. The van der Waals surface area contributed by atoms with Crippen LogP contribution in [0.2, 0.25) is 0 Å². The number of nitrogens with two attached hydrogens (primary N) is 1. The molecule has 3 heteroatoms. The van der Waals surface area contributed by atoms with E-state index in [1.807, 2.05) is 42.9 Å². The van der Waals surface area contributed by atoms with E-state index >= 15 is 0 Å². The highest BCUT2D eigenvalue weighted by atomic mass is 16.2. The van der Waals surface area contributed by atoms with Crippen molar-refractivity contribution in [2.45, 2.75) is 13.3 Å². The number of aromatic nitrogens is 1. The molecule has 2 rings (SSSR count). The molecule has 2 aromatic rings. The van der Waals surface area contributed by atoms with Crippen LogP contribution in [-0.2, 0) is 13.5 Å². The summed E-state index contributed by atoms with van der Waals surface area (Å²) in [7, 11) is 2.00. The number of nitrogens with zero attached hydrogens (tertiary/aromatic N) is 1. The normalized spacial score (nSPS) is 10.8. The first-order valence-corrected chi connectivity index (χ1v) is 5.75. The van der Waals surface area contributed by atoms with E-state index in [2.05, 4.69) is 6.07 Å². The second kappa shape index (κ2) is 4.63. The highest BCUT2D eigenvalue weighted by Gasteiger charge is 2.10. The molecular formula is C14H18N2O. The Morgan fingerprint density at radius 3 is 2.71 bits per heavy atom. The lowest BCUT2D eigenvalue weighted by molar-refractivity contribution is 0.300. The van der Waals surface area contributed by atoms with Crippen molar-refractivity contribution in [1.82, 2.24) is 4.57 Å². The third-order valence-corrected chi connectivity index (χ3v) is 3.01. The van der Waals surface area contributed by atoms with Gasteiger partial charge in [0.15, 0.2) is 0 Å². The molecule has 0 saturated carbocycles. The molecule has 0 radical (unpaired) electrons. The van der Waals surface area contributed by atoms with Gasteiger partial charge in [0.2, 0.25) is 0 Å². The monoisotopic (exact) mass is 230 g/mol. The highest BCUT2D eigenvalue weighted by Crippen LogP contribution is 2.30. The predicted molar refractivity (Wildman–Crippen MR) is 70.8 cm³/mol. The van der Waals surface area contributed by atoms with Gasteiger partial charge in [0, 0.05) is 36.8 Å². The number of aryl methyl sites for hydroxylation is 2. The summed E-state index contributed by atoms with van der Waals surface area (Å²) in [5, 5.41) is 9.05. The standard InChI is InChI=1S/C14H18N2O/c1-10-8-11(5-7-17)14(15)12(9-10)13-4-3-6-16(13)2/h3-4,6,8-9,17H,5,7,15H2,1-2H3. The van der Waals surface area contributed by atoms with E-state index in [0.29, 0.717) is 6.42 Å². The lowest BCUT2D eigenvalue weighted by atomic mass is 9.99. The summed E-state index contributed by atoms with van der Waals surface area (Å²) in [4.78, 5) is 0. The molecule has 0 saturated heterocycles. The van der Waals surface area contributed by atoms with Crippen LogP contribution < -0.4 is 5.73 Å². The van der Waals surface area contributed by atoms with Crippen LogP contribution in [0.3, 0.4) is 0 Å². The van der Waals surface area contributed by atoms with E-state index in [1.165, 1.54) is 5.56 Å². The van der Waals surface area contributed by atoms with Gasteiger partial charge < -0.3 is 15.4 Å². The fourth-order valence-electron chi connectivity index (χ4n) is 2.15. The van der Waals surface area contributed by atoms with Gasteiger partial charge in [-0.15, -0.1) is 0 Å². The highest BCUT2D eigenvalue weighted by molar-refractivity contribution is 5.77. The molecule has 3 N–H and O–H groups in total. The van der Waals surface area contributed by atoms with Crippen LogP contribution in [-0.4, -0.2) is 16.3 Å².